The van der Waals surface area contributed by atoms with E-state index in [0.717, 1.165) is 0 Å². The normalized spacial score (nSPS) is 16.6. The second-order valence-electron chi connectivity index (χ2n) is 8.77. The average molecular weight is 536 g/mol. The Morgan fingerprint density at radius 1 is 0.947 bits per heavy atom. The molecular formula is C29H26ClNO7. The maximum Gasteiger partial charge on any atom is 0.338 e. The number of esters is 1. The Morgan fingerprint density at radius 3 is 2.26 bits per heavy atom. The van der Waals surface area contributed by atoms with Gasteiger partial charge in [-0.3, -0.25) is 14.5 Å². The number of nitrogens with zero attached hydrogens (tertiary/aromatic N) is 1. The van der Waals surface area contributed by atoms with Crippen molar-refractivity contribution in [1.29, 1.82) is 0 Å². The van der Waals surface area contributed by atoms with Gasteiger partial charge in [-0.2, -0.15) is 0 Å². The van der Waals surface area contributed by atoms with Crippen molar-refractivity contribution in [1.82, 2.24) is 0 Å². The minimum atomic E-state index is -1.00. The van der Waals surface area contributed by atoms with Crippen molar-refractivity contribution in [3.05, 3.63) is 94.0 Å². The summed E-state index contributed by atoms with van der Waals surface area (Å²) in [7, 11) is 2.81. The van der Waals surface area contributed by atoms with Crippen LogP contribution in [0.25, 0.3) is 5.76 Å². The van der Waals surface area contributed by atoms with Crippen LogP contribution in [0, 0.1) is 0 Å². The van der Waals surface area contributed by atoms with E-state index in [0.29, 0.717) is 11.3 Å². The molecule has 3 aromatic rings. The van der Waals surface area contributed by atoms with Crippen molar-refractivity contribution in [2.75, 3.05) is 19.1 Å². The molecule has 1 N–H and O–H groups in total. The third-order valence-electron chi connectivity index (χ3n) is 5.99. The van der Waals surface area contributed by atoms with Crippen LogP contribution in [0.2, 0.25) is 5.02 Å². The number of ether oxygens (including phenoxy) is 3. The lowest BCUT2D eigenvalue weighted by Crippen LogP contribution is -2.29. The van der Waals surface area contributed by atoms with E-state index in [1.165, 1.54) is 37.3 Å². The lowest BCUT2D eigenvalue weighted by atomic mass is 9.94. The maximum absolute atomic E-state index is 13.5. The number of ketones is 1. The molecule has 1 aliphatic rings. The number of rotatable bonds is 7. The number of hydrogen-bond acceptors (Lipinski definition) is 7. The first kappa shape index (κ1) is 26.8. The number of amides is 1. The SMILES string of the molecule is COc1cc(/C(O)=C2\C(=O)C(=O)N(c3cccc(C(=O)OC(C)C)c3)C2c2ccccc2)c(OC)cc1Cl. The van der Waals surface area contributed by atoms with E-state index >= 15 is 0 Å². The second kappa shape index (κ2) is 11.0. The zero-order valence-corrected chi connectivity index (χ0v) is 22.0. The van der Waals surface area contributed by atoms with Gasteiger partial charge in [0.05, 0.1) is 48.1 Å². The van der Waals surface area contributed by atoms with Gasteiger partial charge in [-0.05, 0) is 43.7 Å². The Labute approximate surface area is 225 Å². The summed E-state index contributed by atoms with van der Waals surface area (Å²) in [4.78, 5) is 40.8. The summed E-state index contributed by atoms with van der Waals surface area (Å²) >= 11 is 6.23. The Morgan fingerprint density at radius 2 is 1.63 bits per heavy atom. The van der Waals surface area contributed by atoms with Crippen LogP contribution >= 0.6 is 11.6 Å². The number of benzene rings is 3. The zero-order valence-electron chi connectivity index (χ0n) is 21.2. The quantitative estimate of drug-likeness (QED) is 0.183. The summed E-state index contributed by atoms with van der Waals surface area (Å²) in [6.45, 7) is 3.46. The molecular weight excluding hydrogens is 510 g/mol. The highest BCUT2D eigenvalue weighted by atomic mass is 35.5. The molecule has 8 nitrogen and oxygen atoms in total. The average Bonchev–Trinajstić information content (AvgIpc) is 3.18. The fourth-order valence-corrected chi connectivity index (χ4v) is 4.54. The number of halogens is 1. The van der Waals surface area contributed by atoms with Gasteiger partial charge < -0.3 is 19.3 Å². The van der Waals surface area contributed by atoms with E-state index in [1.54, 1.807) is 62.4 Å². The highest BCUT2D eigenvalue weighted by Gasteiger charge is 2.47. The van der Waals surface area contributed by atoms with Gasteiger partial charge in [0, 0.05) is 11.8 Å². The molecule has 1 atom stereocenters. The molecule has 1 aliphatic heterocycles. The Kier molecular flexibility index (Phi) is 7.73. The minimum Gasteiger partial charge on any atom is -0.507 e. The fraction of sp³-hybridized carbons (Fsp3) is 0.207. The van der Waals surface area contributed by atoms with Crippen molar-refractivity contribution >= 4 is 40.7 Å². The number of anilines is 1. The summed E-state index contributed by atoms with van der Waals surface area (Å²) in [5.41, 5.74) is 1.05. The van der Waals surface area contributed by atoms with Crippen LogP contribution < -0.4 is 14.4 Å². The highest BCUT2D eigenvalue weighted by Crippen LogP contribution is 2.44. The van der Waals surface area contributed by atoms with E-state index in [2.05, 4.69) is 0 Å². The zero-order chi connectivity index (χ0) is 27.6. The van der Waals surface area contributed by atoms with Crippen LogP contribution in [0.5, 0.6) is 11.5 Å². The molecule has 38 heavy (non-hydrogen) atoms. The van der Waals surface area contributed by atoms with E-state index in [9.17, 15) is 19.5 Å². The van der Waals surface area contributed by atoms with Crippen molar-refractivity contribution in [3.63, 3.8) is 0 Å². The van der Waals surface area contributed by atoms with Crippen molar-refractivity contribution in [2.24, 2.45) is 0 Å². The molecule has 196 valence electrons. The summed E-state index contributed by atoms with van der Waals surface area (Å²) in [6.07, 6.45) is -0.337. The molecule has 0 saturated carbocycles. The molecule has 0 spiro atoms. The van der Waals surface area contributed by atoms with Crippen LogP contribution in [0.1, 0.15) is 41.4 Å². The Bertz CT molecular complexity index is 1430. The van der Waals surface area contributed by atoms with Crippen LogP contribution in [-0.4, -0.2) is 43.1 Å². The standard InChI is InChI=1S/C29H26ClNO7/c1-16(2)38-29(35)18-11-8-12-19(13-18)31-25(17-9-6-5-7-10-17)24(27(33)28(31)34)26(32)20-14-23(37-4)21(30)15-22(20)36-3/h5-16,25,32H,1-4H3/b26-24+. The van der Waals surface area contributed by atoms with Gasteiger partial charge in [-0.1, -0.05) is 48.0 Å². The first-order valence-electron chi connectivity index (χ1n) is 11.8. The lowest BCUT2D eigenvalue weighted by Gasteiger charge is -2.26. The van der Waals surface area contributed by atoms with Gasteiger partial charge >= 0.3 is 5.97 Å². The number of hydrogen-bond donors (Lipinski definition) is 1. The topological polar surface area (TPSA) is 102 Å². The van der Waals surface area contributed by atoms with Gasteiger partial charge in [-0.15, -0.1) is 0 Å². The number of aliphatic hydroxyl groups is 1. The van der Waals surface area contributed by atoms with E-state index in [1.807, 2.05) is 0 Å². The van der Waals surface area contributed by atoms with Gasteiger partial charge in [0.25, 0.3) is 11.7 Å². The number of carbonyl (C=O) groups is 3. The number of aliphatic hydroxyl groups excluding tert-OH is 1. The summed E-state index contributed by atoms with van der Waals surface area (Å²) in [5, 5.41) is 11.7. The van der Waals surface area contributed by atoms with Crippen LogP contribution in [0.4, 0.5) is 5.69 Å². The summed E-state index contributed by atoms with van der Waals surface area (Å²) < 4.78 is 16.0. The highest BCUT2D eigenvalue weighted by molar-refractivity contribution is 6.51. The molecule has 9 heteroatoms. The van der Waals surface area contributed by atoms with Gasteiger partial charge in [0.1, 0.15) is 17.3 Å². The molecule has 1 fully saturated rings. The lowest BCUT2D eigenvalue weighted by molar-refractivity contribution is -0.132. The van der Waals surface area contributed by atoms with Crippen molar-refractivity contribution < 1.29 is 33.7 Å². The maximum atomic E-state index is 13.5. The molecule has 4 rings (SSSR count). The smallest absolute Gasteiger partial charge is 0.338 e. The third kappa shape index (κ3) is 4.95. The van der Waals surface area contributed by atoms with Crippen molar-refractivity contribution in [3.8, 4) is 11.5 Å². The molecule has 1 unspecified atom stereocenters. The molecule has 1 heterocycles. The third-order valence-corrected chi connectivity index (χ3v) is 6.29. The van der Waals surface area contributed by atoms with Crippen LogP contribution in [0.15, 0.2) is 72.3 Å². The molecule has 0 radical (unpaired) electrons. The predicted molar refractivity (Wildman–Crippen MR) is 143 cm³/mol. The molecule has 1 amide bonds. The monoisotopic (exact) mass is 535 g/mol. The largest absolute Gasteiger partial charge is 0.507 e. The van der Waals surface area contributed by atoms with Gasteiger partial charge in [0.2, 0.25) is 0 Å². The first-order valence-corrected chi connectivity index (χ1v) is 12.1. The van der Waals surface area contributed by atoms with Gasteiger partial charge in [-0.25, -0.2) is 4.79 Å². The first-order chi connectivity index (χ1) is 18.2. The Hall–Kier alpha value is -4.30. The summed E-state index contributed by atoms with van der Waals surface area (Å²) in [6, 6.07) is 17.0. The van der Waals surface area contributed by atoms with Gasteiger partial charge in [0.15, 0.2) is 0 Å². The van der Waals surface area contributed by atoms with Crippen LogP contribution in [0.3, 0.4) is 0 Å². The molecule has 3 aromatic carbocycles. The van der Waals surface area contributed by atoms with Crippen molar-refractivity contribution in [2.45, 2.75) is 26.0 Å². The van der Waals surface area contributed by atoms with E-state index in [-0.39, 0.29) is 39.3 Å². The molecule has 1 saturated heterocycles. The van der Waals surface area contributed by atoms with Crippen LogP contribution in [-0.2, 0) is 14.3 Å². The second-order valence-corrected chi connectivity index (χ2v) is 9.18. The number of Topliss-reactive ketones (excluding diaryl/α,β-unsaturated/α-hetero) is 1. The fourth-order valence-electron chi connectivity index (χ4n) is 4.31. The molecule has 0 aromatic heterocycles. The predicted octanol–water partition coefficient (Wildman–Crippen LogP) is 5.55. The Balaban J connectivity index is 1.93. The number of methoxy groups -OCH3 is 2. The number of carbonyl (C=O) groups excluding carboxylic acids is 3. The molecule has 0 aliphatic carbocycles. The van der Waals surface area contributed by atoms with E-state index < -0.39 is 29.5 Å². The molecule has 0 bridgehead atoms. The van der Waals surface area contributed by atoms with E-state index in [4.69, 9.17) is 25.8 Å². The minimum absolute atomic E-state index is 0.127. The summed E-state index contributed by atoms with van der Waals surface area (Å²) in [5.74, 6) is -2.35.